The van der Waals surface area contributed by atoms with Gasteiger partial charge in [0, 0.05) is 34.7 Å². The van der Waals surface area contributed by atoms with Crippen LogP contribution in [-0.4, -0.2) is 25.6 Å². The van der Waals surface area contributed by atoms with E-state index in [1.165, 1.54) is 12.1 Å². The lowest BCUT2D eigenvalue weighted by Gasteiger charge is -2.24. The third-order valence-corrected chi connectivity index (χ3v) is 8.26. The molecule has 0 atom stereocenters. The van der Waals surface area contributed by atoms with Gasteiger partial charge in [0.25, 0.3) is 5.91 Å². The number of benzene rings is 4. The van der Waals surface area contributed by atoms with Gasteiger partial charge in [-0.25, -0.2) is 8.42 Å². The highest BCUT2D eigenvalue weighted by Gasteiger charge is 2.23. The van der Waals surface area contributed by atoms with Crippen LogP contribution < -0.4 is 4.90 Å². The van der Waals surface area contributed by atoms with E-state index >= 15 is 0 Å². The van der Waals surface area contributed by atoms with Crippen LogP contribution in [0.2, 0.25) is 0 Å². The normalized spacial score (nSPS) is 11.7. The number of sulfone groups is 1. The average molecular weight is 560 g/mol. The topological polar surface area (TPSA) is 91.1 Å². The third kappa shape index (κ3) is 5.88. The Kier molecular flexibility index (Phi) is 7.44. The Labute approximate surface area is 240 Å². The second kappa shape index (κ2) is 11.0. The maximum Gasteiger partial charge on any atom is 0.258 e. The fraction of sp³-hybridized carbons (Fsp3) is 0.147. The second-order valence-electron chi connectivity index (χ2n) is 10.6. The van der Waals surface area contributed by atoms with E-state index in [9.17, 15) is 18.5 Å². The Morgan fingerprint density at radius 1 is 0.902 bits per heavy atom. The number of fused-ring (bicyclic) bond motifs is 1. The van der Waals surface area contributed by atoms with E-state index in [1.54, 1.807) is 35.4 Å². The number of aromatic nitrogens is 1. The van der Waals surface area contributed by atoms with E-state index in [2.05, 4.69) is 11.1 Å². The molecule has 1 aromatic heterocycles. The van der Waals surface area contributed by atoms with Gasteiger partial charge in [-0.1, -0.05) is 42.5 Å². The molecule has 0 saturated carbocycles. The smallest absolute Gasteiger partial charge is 0.258 e. The summed E-state index contributed by atoms with van der Waals surface area (Å²) in [6.07, 6.45) is 2.91. The van der Waals surface area contributed by atoms with Gasteiger partial charge in [-0.05, 0) is 91.2 Å². The van der Waals surface area contributed by atoms with Crippen molar-refractivity contribution in [2.45, 2.75) is 30.7 Å². The molecule has 4 aromatic carbocycles. The first kappa shape index (κ1) is 27.8. The summed E-state index contributed by atoms with van der Waals surface area (Å²) in [7, 11) is -3.38. The van der Waals surface area contributed by atoms with Crippen molar-refractivity contribution in [1.29, 1.82) is 5.26 Å². The lowest BCUT2D eigenvalue weighted by molar-refractivity contribution is 0.0985. The summed E-state index contributed by atoms with van der Waals surface area (Å²) in [4.78, 5) is 20.2. The molecule has 0 N–H and O–H groups in total. The zero-order valence-electron chi connectivity index (χ0n) is 23.1. The number of pyridine rings is 1. The van der Waals surface area contributed by atoms with Crippen molar-refractivity contribution in [2.75, 3.05) is 11.2 Å². The quantitative estimate of drug-likeness (QED) is 0.215. The first-order valence-electron chi connectivity index (χ1n) is 13.1. The Balaban J connectivity index is 1.59. The summed E-state index contributed by atoms with van der Waals surface area (Å²) in [5, 5.41) is 10.7. The molecule has 0 fully saturated rings. The van der Waals surface area contributed by atoms with Crippen LogP contribution in [0.5, 0.6) is 0 Å². The number of carbonyl (C=O) groups is 1. The summed E-state index contributed by atoms with van der Waals surface area (Å²) in [5.74, 6) is -0.201. The Bertz CT molecular complexity index is 1890. The van der Waals surface area contributed by atoms with Gasteiger partial charge >= 0.3 is 0 Å². The number of nitrogens with zero attached hydrogens (tertiary/aromatic N) is 3. The van der Waals surface area contributed by atoms with Gasteiger partial charge in [0.05, 0.1) is 28.4 Å². The van der Waals surface area contributed by atoms with Crippen LogP contribution in [-0.2, 0) is 21.8 Å². The molecule has 0 bridgehead atoms. The van der Waals surface area contributed by atoms with Gasteiger partial charge in [-0.2, -0.15) is 5.26 Å². The monoisotopic (exact) mass is 559 g/mol. The van der Waals surface area contributed by atoms with Crippen molar-refractivity contribution in [3.63, 3.8) is 0 Å². The molecule has 7 heteroatoms. The van der Waals surface area contributed by atoms with Gasteiger partial charge in [-0.15, -0.1) is 0 Å². The molecule has 0 aliphatic carbocycles. The lowest BCUT2D eigenvalue weighted by atomic mass is 9.83. The number of hydrogen-bond donors (Lipinski definition) is 0. The van der Waals surface area contributed by atoms with Crippen LogP contribution >= 0.6 is 0 Å². The van der Waals surface area contributed by atoms with E-state index in [-0.39, 0.29) is 17.3 Å². The largest absolute Gasteiger partial charge is 0.304 e. The molecule has 1 heterocycles. The zero-order chi connectivity index (χ0) is 29.2. The summed E-state index contributed by atoms with van der Waals surface area (Å²) in [6, 6.07) is 33.6. The fourth-order valence-electron chi connectivity index (χ4n) is 4.75. The lowest BCUT2D eigenvalue weighted by Crippen LogP contribution is -2.30. The fourth-order valence-corrected chi connectivity index (χ4v) is 5.38. The third-order valence-electron chi connectivity index (χ3n) is 7.13. The first-order valence-corrected chi connectivity index (χ1v) is 15.0. The molecule has 0 unspecified atom stereocenters. The van der Waals surface area contributed by atoms with Crippen molar-refractivity contribution < 1.29 is 13.2 Å². The molecular formula is C34H29N3O3S. The molecule has 0 saturated heterocycles. The molecule has 1 amide bonds. The maximum absolute atomic E-state index is 13.7. The number of rotatable bonds is 7. The highest BCUT2D eigenvalue weighted by molar-refractivity contribution is 7.90. The van der Waals surface area contributed by atoms with Crippen molar-refractivity contribution in [2.24, 2.45) is 0 Å². The Hall–Kier alpha value is -4.80. The summed E-state index contributed by atoms with van der Waals surface area (Å²) >= 11 is 0. The summed E-state index contributed by atoms with van der Waals surface area (Å²) < 4.78 is 24.1. The second-order valence-corrected chi connectivity index (χ2v) is 12.6. The van der Waals surface area contributed by atoms with Gasteiger partial charge in [-0.3, -0.25) is 9.78 Å². The SMILES string of the molecule is CC(C)(C#N)c1cc(-c2cccc(CN(C(=O)c3ccccc3)c3ccc(S(C)(=O)=O)cc3)c2)c2ncccc2c1. The molecule has 0 spiro atoms. The number of carbonyl (C=O) groups excluding carboxylic acids is 1. The van der Waals surface area contributed by atoms with E-state index in [1.807, 2.05) is 80.6 Å². The van der Waals surface area contributed by atoms with Crippen molar-refractivity contribution >= 4 is 32.3 Å². The minimum Gasteiger partial charge on any atom is -0.304 e. The van der Waals surface area contributed by atoms with E-state index in [0.717, 1.165) is 39.4 Å². The Morgan fingerprint density at radius 2 is 1.63 bits per heavy atom. The maximum atomic E-state index is 13.7. The standard InChI is InChI=1S/C34H29N3O3S/c1-34(2,23-35)28-20-27-13-8-18-36-32(27)31(21-28)26-12-7-9-24(19-26)22-37(33(38)25-10-5-4-6-11-25)29-14-16-30(17-15-29)41(3,39)40/h4-21H,22H2,1-3H3. The number of amides is 1. The van der Waals surface area contributed by atoms with Gasteiger partial charge in [0.2, 0.25) is 0 Å². The molecule has 0 radical (unpaired) electrons. The Morgan fingerprint density at radius 3 is 2.32 bits per heavy atom. The zero-order valence-corrected chi connectivity index (χ0v) is 23.9. The highest BCUT2D eigenvalue weighted by Crippen LogP contribution is 2.34. The average Bonchev–Trinajstić information content (AvgIpc) is 2.99. The minimum absolute atomic E-state index is 0.190. The van der Waals surface area contributed by atoms with E-state index in [0.29, 0.717) is 11.3 Å². The van der Waals surface area contributed by atoms with Crippen LogP contribution in [0.1, 0.15) is 35.3 Å². The predicted molar refractivity (Wildman–Crippen MR) is 162 cm³/mol. The highest BCUT2D eigenvalue weighted by atomic mass is 32.2. The predicted octanol–water partition coefficient (Wildman–Crippen LogP) is 6.95. The molecular weight excluding hydrogens is 530 g/mol. The molecule has 204 valence electrons. The van der Waals surface area contributed by atoms with Crippen LogP contribution in [0, 0.1) is 11.3 Å². The summed E-state index contributed by atoms with van der Waals surface area (Å²) in [6.45, 7) is 4.05. The number of anilines is 1. The van der Waals surface area contributed by atoms with Gasteiger partial charge in [0.15, 0.2) is 9.84 Å². The molecule has 0 aliphatic heterocycles. The molecule has 5 rings (SSSR count). The van der Waals surface area contributed by atoms with Crippen molar-refractivity contribution in [3.8, 4) is 17.2 Å². The van der Waals surface area contributed by atoms with E-state index < -0.39 is 15.3 Å². The molecule has 41 heavy (non-hydrogen) atoms. The van der Waals surface area contributed by atoms with E-state index in [4.69, 9.17) is 0 Å². The first-order chi connectivity index (χ1) is 19.6. The van der Waals surface area contributed by atoms with Crippen LogP contribution in [0.25, 0.3) is 22.0 Å². The minimum atomic E-state index is -3.38. The van der Waals surface area contributed by atoms with Gasteiger partial charge < -0.3 is 4.90 Å². The van der Waals surface area contributed by atoms with Crippen LogP contribution in [0.3, 0.4) is 0 Å². The van der Waals surface area contributed by atoms with Crippen molar-refractivity contribution in [1.82, 2.24) is 4.98 Å². The molecule has 0 aliphatic rings. The van der Waals surface area contributed by atoms with Crippen LogP contribution in [0.15, 0.2) is 114 Å². The summed E-state index contributed by atoms with van der Waals surface area (Å²) in [5.41, 5.74) is 4.85. The number of nitriles is 1. The molecule has 6 nitrogen and oxygen atoms in total. The van der Waals surface area contributed by atoms with Crippen molar-refractivity contribution in [3.05, 3.63) is 126 Å². The molecule has 5 aromatic rings. The van der Waals surface area contributed by atoms with Crippen LogP contribution in [0.4, 0.5) is 5.69 Å². The number of hydrogen-bond acceptors (Lipinski definition) is 5. The van der Waals surface area contributed by atoms with Gasteiger partial charge in [0.1, 0.15) is 0 Å².